The molecule has 0 bridgehead atoms. The Bertz CT molecular complexity index is 161. The van der Waals surface area contributed by atoms with Gasteiger partial charge in [0.25, 0.3) is 0 Å². The Morgan fingerprint density at radius 3 is 2.58 bits per heavy atom. The van der Waals surface area contributed by atoms with Gasteiger partial charge >= 0.3 is 0 Å². The van der Waals surface area contributed by atoms with Crippen molar-refractivity contribution in [2.24, 2.45) is 0 Å². The number of carbonyl (C=O) groups is 1. The highest BCUT2D eigenvalue weighted by atomic mass is 16.1. The minimum absolute atomic E-state index is 0.270. The SMILES string of the molecule is C=CCCCC(=O)C(C)(C)NC. The number of hydrogen-bond donors (Lipinski definition) is 1. The average Bonchev–Trinajstić information content (AvgIpc) is 2.05. The first-order valence-electron chi connectivity index (χ1n) is 4.37. The molecule has 12 heavy (non-hydrogen) atoms. The van der Waals surface area contributed by atoms with Crippen molar-refractivity contribution in [1.82, 2.24) is 5.32 Å². The highest BCUT2D eigenvalue weighted by Gasteiger charge is 2.23. The number of unbranched alkanes of at least 4 members (excludes halogenated alkanes) is 1. The number of allylic oxidation sites excluding steroid dienone is 1. The first-order valence-corrected chi connectivity index (χ1v) is 4.37. The van der Waals surface area contributed by atoms with Crippen LogP contribution in [0.5, 0.6) is 0 Å². The van der Waals surface area contributed by atoms with Gasteiger partial charge in [0.1, 0.15) is 0 Å². The summed E-state index contributed by atoms with van der Waals surface area (Å²) in [4.78, 5) is 11.5. The van der Waals surface area contributed by atoms with E-state index in [4.69, 9.17) is 0 Å². The Morgan fingerprint density at radius 1 is 1.58 bits per heavy atom. The maximum Gasteiger partial charge on any atom is 0.152 e. The van der Waals surface area contributed by atoms with E-state index in [2.05, 4.69) is 11.9 Å². The second kappa shape index (κ2) is 5.09. The number of likely N-dealkylation sites (N-methyl/N-ethyl adjacent to an activating group) is 1. The predicted octanol–water partition coefficient (Wildman–Crippen LogP) is 1.91. The van der Waals surface area contributed by atoms with Crippen molar-refractivity contribution in [1.29, 1.82) is 0 Å². The molecule has 70 valence electrons. The maximum absolute atomic E-state index is 11.5. The lowest BCUT2D eigenvalue weighted by Gasteiger charge is -2.21. The van der Waals surface area contributed by atoms with Crippen LogP contribution in [-0.2, 0) is 4.79 Å². The fourth-order valence-corrected chi connectivity index (χ4v) is 0.859. The van der Waals surface area contributed by atoms with Gasteiger partial charge < -0.3 is 5.32 Å². The monoisotopic (exact) mass is 169 g/mol. The van der Waals surface area contributed by atoms with Crippen molar-refractivity contribution in [2.45, 2.75) is 38.6 Å². The molecule has 2 heteroatoms. The summed E-state index contributed by atoms with van der Waals surface area (Å²) in [6.07, 6.45) is 4.32. The molecule has 0 amide bonds. The first-order chi connectivity index (χ1) is 5.54. The van der Waals surface area contributed by atoms with Crippen LogP contribution in [0.4, 0.5) is 0 Å². The number of nitrogens with one attached hydrogen (secondary N) is 1. The fraction of sp³-hybridized carbons (Fsp3) is 0.700. The molecule has 2 nitrogen and oxygen atoms in total. The van der Waals surface area contributed by atoms with Crippen molar-refractivity contribution in [3.8, 4) is 0 Å². The van der Waals surface area contributed by atoms with Gasteiger partial charge in [-0.2, -0.15) is 0 Å². The summed E-state index contributed by atoms with van der Waals surface area (Å²) in [6, 6.07) is 0. The summed E-state index contributed by atoms with van der Waals surface area (Å²) >= 11 is 0. The van der Waals surface area contributed by atoms with Crippen LogP contribution < -0.4 is 5.32 Å². The second-order valence-electron chi connectivity index (χ2n) is 3.48. The molecule has 0 aromatic carbocycles. The molecule has 1 N–H and O–H groups in total. The molecule has 0 unspecified atom stereocenters. The highest BCUT2D eigenvalue weighted by Crippen LogP contribution is 2.08. The van der Waals surface area contributed by atoms with Crippen molar-refractivity contribution in [2.75, 3.05) is 7.05 Å². The smallest absolute Gasteiger partial charge is 0.152 e. The fourth-order valence-electron chi connectivity index (χ4n) is 0.859. The number of ketones is 1. The van der Waals surface area contributed by atoms with E-state index in [1.54, 1.807) is 0 Å². The van der Waals surface area contributed by atoms with Gasteiger partial charge in [0.2, 0.25) is 0 Å². The van der Waals surface area contributed by atoms with E-state index in [0.29, 0.717) is 6.42 Å². The lowest BCUT2D eigenvalue weighted by atomic mass is 9.95. The summed E-state index contributed by atoms with van der Waals surface area (Å²) in [5, 5.41) is 2.99. The molecule has 0 aliphatic heterocycles. The number of rotatable bonds is 6. The van der Waals surface area contributed by atoms with Gasteiger partial charge in [-0.15, -0.1) is 6.58 Å². The van der Waals surface area contributed by atoms with Crippen LogP contribution in [0.1, 0.15) is 33.1 Å². The van der Waals surface area contributed by atoms with Gasteiger partial charge in [-0.3, -0.25) is 4.79 Å². The molecule has 0 aliphatic rings. The van der Waals surface area contributed by atoms with Crippen LogP contribution in [0.3, 0.4) is 0 Å². The van der Waals surface area contributed by atoms with Crippen molar-refractivity contribution in [3.63, 3.8) is 0 Å². The minimum Gasteiger partial charge on any atom is -0.308 e. The third-order valence-electron chi connectivity index (χ3n) is 2.13. The van der Waals surface area contributed by atoms with Gasteiger partial charge in [-0.1, -0.05) is 6.08 Å². The summed E-state index contributed by atoms with van der Waals surface area (Å²) in [6.45, 7) is 7.42. The zero-order chi connectivity index (χ0) is 9.61. The highest BCUT2D eigenvalue weighted by molar-refractivity contribution is 5.87. The molecule has 0 aromatic heterocycles. The molecular weight excluding hydrogens is 150 g/mol. The normalized spacial score (nSPS) is 11.2. The number of hydrogen-bond acceptors (Lipinski definition) is 2. The lowest BCUT2D eigenvalue weighted by Crippen LogP contribution is -2.44. The molecule has 0 spiro atoms. The third-order valence-corrected chi connectivity index (χ3v) is 2.13. The Balaban J connectivity index is 3.79. The van der Waals surface area contributed by atoms with Crippen LogP contribution in [0.15, 0.2) is 12.7 Å². The van der Waals surface area contributed by atoms with Gasteiger partial charge in [0.15, 0.2) is 5.78 Å². The van der Waals surface area contributed by atoms with E-state index in [0.717, 1.165) is 12.8 Å². The number of Topliss-reactive ketones (excluding diaryl/α,β-unsaturated/α-hetero) is 1. The van der Waals surface area contributed by atoms with E-state index in [-0.39, 0.29) is 11.3 Å². The summed E-state index contributed by atoms with van der Waals surface area (Å²) in [7, 11) is 1.81. The topological polar surface area (TPSA) is 29.1 Å². The Morgan fingerprint density at radius 2 is 2.17 bits per heavy atom. The zero-order valence-electron chi connectivity index (χ0n) is 8.31. The van der Waals surface area contributed by atoms with E-state index < -0.39 is 0 Å². The van der Waals surface area contributed by atoms with Gasteiger partial charge in [-0.05, 0) is 33.7 Å². The predicted molar refractivity (Wildman–Crippen MR) is 52.2 cm³/mol. The molecule has 0 rings (SSSR count). The molecule has 0 saturated carbocycles. The van der Waals surface area contributed by atoms with Crippen LogP contribution in [0.2, 0.25) is 0 Å². The first kappa shape index (κ1) is 11.4. The zero-order valence-corrected chi connectivity index (χ0v) is 8.31. The summed E-state index contributed by atoms with van der Waals surface area (Å²) in [5.41, 5.74) is -0.374. The molecule has 0 aliphatic carbocycles. The van der Waals surface area contributed by atoms with E-state index >= 15 is 0 Å². The largest absolute Gasteiger partial charge is 0.308 e. The Kier molecular flexibility index (Phi) is 4.83. The Hall–Kier alpha value is -0.630. The van der Waals surface area contributed by atoms with Gasteiger partial charge in [0, 0.05) is 6.42 Å². The standard InChI is InChI=1S/C10H19NO/c1-5-6-7-8-9(12)10(2,3)11-4/h5,11H,1,6-8H2,2-4H3. The summed E-state index contributed by atoms with van der Waals surface area (Å²) < 4.78 is 0. The molecule has 0 atom stereocenters. The molecule has 0 radical (unpaired) electrons. The maximum atomic E-state index is 11.5. The van der Waals surface area contributed by atoms with Crippen LogP contribution in [0.25, 0.3) is 0 Å². The quantitative estimate of drug-likeness (QED) is 0.486. The lowest BCUT2D eigenvalue weighted by molar-refractivity contribution is -0.124. The van der Waals surface area contributed by atoms with Crippen LogP contribution in [0, 0.1) is 0 Å². The molecule has 0 fully saturated rings. The van der Waals surface area contributed by atoms with Crippen molar-refractivity contribution in [3.05, 3.63) is 12.7 Å². The second-order valence-corrected chi connectivity index (χ2v) is 3.48. The van der Waals surface area contributed by atoms with Crippen LogP contribution in [-0.4, -0.2) is 18.4 Å². The summed E-state index contributed by atoms with van der Waals surface area (Å²) in [5.74, 6) is 0.270. The van der Waals surface area contributed by atoms with Crippen LogP contribution >= 0.6 is 0 Å². The Labute approximate surface area is 75.0 Å². The number of carbonyl (C=O) groups excluding carboxylic acids is 1. The molecule has 0 aromatic rings. The minimum atomic E-state index is -0.374. The van der Waals surface area contributed by atoms with E-state index in [1.165, 1.54) is 0 Å². The van der Waals surface area contributed by atoms with E-state index in [1.807, 2.05) is 27.0 Å². The van der Waals surface area contributed by atoms with E-state index in [9.17, 15) is 4.79 Å². The average molecular weight is 169 g/mol. The van der Waals surface area contributed by atoms with Gasteiger partial charge in [-0.25, -0.2) is 0 Å². The molecular formula is C10H19NO. The molecule has 0 heterocycles. The third kappa shape index (κ3) is 3.67. The van der Waals surface area contributed by atoms with Gasteiger partial charge in [0.05, 0.1) is 5.54 Å². The van der Waals surface area contributed by atoms with Crippen molar-refractivity contribution >= 4 is 5.78 Å². The van der Waals surface area contributed by atoms with Crippen molar-refractivity contribution < 1.29 is 4.79 Å². The molecule has 0 saturated heterocycles.